The summed E-state index contributed by atoms with van der Waals surface area (Å²) in [5, 5.41) is 3.41. The Morgan fingerprint density at radius 1 is 1.17 bits per heavy atom. The van der Waals surface area contributed by atoms with E-state index in [0.717, 1.165) is 57.4 Å². The van der Waals surface area contributed by atoms with Crippen LogP contribution in [0.1, 0.15) is 20.3 Å². The number of rotatable bonds is 6. The Morgan fingerprint density at radius 3 is 2.63 bits per heavy atom. The molecule has 0 bridgehead atoms. The highest BCUT2D eigenvalue weighted by atomic mass is 16.6. The molecule has 3 rings (SSSR count). The van der Waals surface area contributed by atoms with E-state index in [0.29, 0.717) is 25.6 Å². The second-order valence-corrected chi connectivity index (χ2v) is 7.67. The van der Waals surface area contributed by atoms with E-state index in [4.69, 9.17) is 14.5 Å². The maximum atomic E-state index is 11.9. The van der Waals surface area contributed by atoms with Crippen LogP contribution in [0.3, 0.4) is 0 Å². The minimum Gasteiger partial charge on any atom is -0.497 e. The molecule has 1 atom stereocenters. The first-order valence-corrected chi connectivity index (χ1v) is 11.0. The highest BCUT2D eigenvalue weighted by molar-refractivity contribution is 5.80. The van der Waals surface area contributed by atoms with Gasteiger partial charge in [-0.3, -0.25) is 4.99 Å². The fraction of sp³-hybridized carbons (Fsp3) is 0.636. The maximum Gasteiger partial charge on any atom is 0.409 e. The van der Waals surface area contributed by atoms with E-state index in [9.17, 15) is 4.79 Å². The van der Waals surface area contributed by atoms with Gasteiger partial charge in [-0.05, 0) is 38.3 Å². The number of aliphatic imine (C=N–C) groups is 1. The number of carbonyl (C=O) groups is 1. The number of anilines is 1. The summed E-state index contributed by atoms with van der Waals surface area (Å²) < 4.78 is 10.5. The van der Waals surface area contributed by atoms with Crippen molar-refractivity contribution in [2.75, 3.05) is 71.0 Å². The number of hydrogen-bond acceptors (Lipinski definition) is 5. The van der Waals surface area contributed by atoms with E-state index in [-0.39, 0.29) is 6.09 Å². The highest BCUT2D eigenvalue weighted by Gasteiger charge is 2.26. The molecule has 0 aliphatic carbocycles. The molecular formula is C22H35N5O3. The zero-order chi connectivity index (χ0) is 21.3. The Morgan fingerprint density at radius 2 is 1.93 bits per heavy atom. The van der Waals surface area contributed by atoms with Gasteiger partial charge in [0.25, 0.3) is 0 Å². The SMILES string of the molecule is CCNC(=NCC1CCN(c2cccc(OC)c2)C1)N1CCN(C(=O)OCC)CC1. The minimum atomic E-state index is -0.220. The van der Waals surface area contributed by atoms with Crippen molar-refractivity contribution in [2.24, 2.45) is 10.9 Å². The van der Waals surface area contributed by atoms with Gasteiger partial charge in [0.1, 0.15) is 5.75 Å². The van der Waals surface area contributed by atoms with Crippen molar-refractivity contribution < 1.29 is 14.3 Å². The van der Waals surface area contributed by atoms with Crippen LogP contribution in [0.25, 0.3) is 0 Å². The summed E-state index contributed by atoms with van der Waals surface area (Å²) in [6.07, 6.45) is 0.916. The van der Waals surface area contributed by atoms with Crippen LogP contribution in [0.4, 0.5) is 10.5 Å². The second kappa shape index (κ2) is 10.9. The highest BCUT2D eigenvalue weighted by Crippen LogP contribution is 2.27. The number of ether oxygens (including phenoxy) is 2. The number of nitrogens with one attached hydrogen (secondary N) is 1. The van der Waals surface area contributed by atoms with Gasteiger partial charge in [0.15, 0.2) is 5.96 Å². The van der Waals surface area contributed by atoms with Crippen molar-refractivity contribution in [1.29, 1.82) is 0 Å². The van der Waals surface area contributed by atoms with Crippen molar-refractivity contribution in [3.05, 3.63) is 24.3 Å². The topological polar surface area (TPSA) is 69.6 Å². The summed E-state index contributed by atoms with van der Waals surface area (Å²) in [4.78, 5) is 23.3. The molecule has 1 aromatic carbocycles. The molecule has 2 fully saturated rings. The van der Waals surface area contributed by atoms with Gasteiger partial charge in [-0.15, -0.1) is 0 Å². The molecule has 30 heavy (non-hydrogen) atoms. The third-order valence-corrected chi connectivity index (χ3v) is 5.64. The Bertz CT molecular complexity index is 718. The first-order chi connectivity index (χ1) is 14.6. The number of guanidine groups is 1. The Kier molecular flexibility index (Phi) is 8.04. The molecule has 8 nitrogen and oxygen atoms in total. The third kappa shape index (κ3) is 5.70. The molecule has 8 heteroatoms. The molecule has 2 heterocycles. The van der Waals surface area contributed by atoms with Gasteiger partial charge in [-0.2, -0.15) is 0 Å². The van der Waals surface area contributed by atoms with Crippen LogP contribution >= 0.6 is 0 Å². The van der Waals surface area contributed by atoms with E-state index in [1.807, 2.05) is 19.1 Å². The molecule has 1 aromatic rings. The van der Waals surface area contributed by atoms with Gasteiger partial charge in [-0.1, -0.05) is 6.07 Å². The lowest BCUT2D eigenvalue weighted by Crippen LogP contribution is -2.54. The maximum absolute atomic E-state index is 11.9. The van der Waals surface area contributed by atoms with Crippen LogP contribution < -0.4 is 15.0 Å². The average Bonchev–Trinajstić information content (AvgIpc) is 3.26. The summed E-state index contributed by atoms with van der Waals surface area (Å²) in [6.45, 7) is 10.9. The monoisotopic (exact) mass is 417 g/mol. The van der Waals surface area contributed by atoms with Crippen LogP contribution in [0.5, 0.6) is 5.75 Å². The molecule has 166 valence electrons. The van der Waals surface area contributed by atoms with Crippen molar-refractivity contribution in [3.8, 4) is 5.75 Å². The fourth-order valence-corrected chi connectivity index (χ4v) is 3.98. The normalized spacial score (nSPS) is 19.8. The number of nitrogens with zero attached hydrogens (tertiary/aromatic N) is 4. The first kappa shape index (κ1) is 22.1. The molecule has 2 saturated heterocycles. The lowest BCUT2D eigenvalue weighted by Gasteiger charge is -2.36. The van der Waals surface area contributed by atoms with Gasteiger partial charge in [0.05, 0.1) is 13.7 Å². The molecular weight excluding hydrogens is 382 g/mol. The second-order valence-electron chi connectivity index (χ2n) is 7.67. The lowest BCUT2D eigenvalue weighted by molar-refractivity contribution is 0.0914. The van der Waals surface area contributed by atoms with Crippen LogP contribution in [0.2, 0.25) is 0 Å². The summed E-state index contributed by atoms with van der Waals surface area (Å²) in [6, 6.07) is 8.25. The summed E-state index contributed by atoms with van der Waals surface area (Å²) in [5.74, 6) is 2.37. The molecule has 0 radical (unpaired) electrons. The number of carbonyl (C=O) groups excluding carboxylic acids is 1. The number of methoxy groups -OCH3 is 1. The standard InChI is InChI=1S/C22H35N5O3/c1-4-23-21(25-11-13-26(14-12-25)22(28)30-5-2)24-16-18-9-10-27(17-18)19-7-6-8-20(15-19)29-3/h6-8,15,18H,4-5,9-14,16-17H2,1-3H3,(H,23,24). The molecule has 1 N–H and O–H groups in total. The van der Waals surface area contributed by atoms with Crippen LogP contribution in [0.15, 0.2) is 29.3 Å². The van der Waals surface area contributed by atoms with Gasteiger partial charge < -0.3 is 29.5 Å². The molecule has 2 aliphatic heterocycles. The minimum absolute atomic E-state index is 0.220. The smallest absolute Gasteiger partial charge is 0.409 e. The number of benzene rings is 1. The Labute approximate surface area is 179 Å². The molecule has 0 saturated carbocycles. The predicted molar refractivity (Wildman–Crippen MR) is 119 cm³/mol. The van der Waals surface area contributed by atoms with Gasteiger partial charge in [0.2, 0.25) is 0 Å². The molecule has 0 spiro atoms. The van der Waals surface area contributed by atoms with Crippen molar-refractivity contribution >= 4 is 17.7 Å². The van der Waals surface area contributed by atoms with Crippen LogP contribution in [-0.2, 0) is 4.74 Å². The third-order valence-electron chi connectivity index (χ3n) is 5.64. The largest absolute Gasteiger partial charge is 0.497 e. The van der Waals surface area contributed by atoms with E-state index in [2.05, 4.69) is 34.2 Å². The van der Waals surface area contributed by atoms with Crippen molar-refractivity contribution in [2.45, 2.75) is 20.3 Å². The zero-order valence-corrected chi connectivity index (χ0v) is 18.5. The lowest BCUT2D eigenvalue weighted by atomic mass is 10.1. The number of piperazine rings is 1. The van der Waals surface area contributed by atoms with Crippen molar-refractivity contribution in [3.63, 3.8) is 0 Å². The van der Waals surface area contributed by atoms with Gasteiger partial charge in [-0.25, -0.2) is 4.79 Å². The van der Waals surface area contributed by atoms with E-state index >= 15 is 0 Å². The summed E-state index contributed by atoms with van der Waals surface area (Å²) in [5.41, 5.74) is 1.21. The van der Waals surface area contributed by atoms with Gasteiger partial charge >= 0.3 is 6.09 Å². The average molecular weight is 418 g/mol. The van der Waals surface area contributed by atoms with Crippen molar-refractivity contribution in [1.82, 2.24) is 15.1 Å². The fourth-order valence-electron chi connectivity index (χ4n) is 3.98. The van der Waals surface area contributed by atoms with E-state index in [1.54, 1.807) is 12.0 Å². The van der Waals surface area contributed by atoms with E-state index in [1.165, 1.54) is 5.69 Å². The quantitative estimate of drug-likeness (QED) is 0.566. The molecule has 0 aromatic heterocycles. The van der Waals surface area contributed by atoms with Gasteiger partial charge in [0, 0.05) is 64.1 Å². The Balaban J connectivity index is 1.53. The Hall–Kier alpha value is -2.64. The first-order valence-electron chi connectivity index (χ1n) is 11.0. The molecule has 1 unspecified atom stereocenters. The van der Waals surface area contributed by atoms with E-state index < -0.39 is 0 Å². The molecule has 1 amide bonds. The summed E-state index contributed by atoms with van der Waals surface area (Å²) in [7, 11) is 1.70. The molecule has 2 aliphatic rings. The van der Waals surface area contributed by atoms with Crippen LogP contribution in [-0.4, -0.2) is 87.9 Å². The zero-order valence-electron chi connectivity index (χ0n) is 18.5. The summed E-state index contributed by atoms with van der Waals surface area (Å²) >= 11 is 0. The van der Waals surface area contributed by atoms with Crippen LogP contribution in [0, 0.1) is 5.92 Å². The number of amides is 1. The predicted octanol–water partition coefficient (Wildman–Crippen LogP) is 2.26. The number of hydrogen-bond donors (Lipinski definition) is 1.